The molecule has 0 aliphatic rings. The van der Waals surface area contributed by atoms with Gasteiger partial charge in [-0.05, 0) is 18.1 Å². The summed E-state index contributed by atoms with van der Waals surface area (Å²) in [6, 6.07) is 5.33. The molecular weight excluding hydrogens is 218 g/mol. The van der Waals surface area contributed by atoms with Crippen LogP contribution in [0, 0.1) is 5.92 Å². The van der Waals surface area contributed by atoms with E-state index in [4.69, 9.17) is 4.84 Å². The normalized spacial score (nSPS) is 11.0. The number of rotatable bonds is 4. The van der Waals surface area contributed by atoms with Crippen LogP contribution in [0.4, 0.5) is 0 Å². The van der Waals surface area contributed by atoms with Crippen LogP contribution in [0.5, 0.6) is 0 Å². The molecule has 90 valence electrons. The minimum Gasteiger partial charge on any atom is -0.278 e. The zero-order chi connectivity index (χ0) is 12.3. The van der Waals surface area contributed by atoms with Crippen molar-refractivity contribution in [1.29, 1.82) is 0 Å². The molecule has 1 aromatic carbocycles. The SMILES string of the molecule is CC(C)CONC(=O)c1ccc2cn[nH]c2c1. The molecular formula is C12H15N3O2. The van der Waals surface area contributed by atoms with Crippen molar-refractivity contribution >= 4 is 16.8 Å². The smallest absolute Gasteiger partial charge is 0.274 e. The number of hydrogen-bond donors (Lipinski definition) is 2. The molecule has 1 amide bonds. The molecule has 2 rings (SSSR count). The molecule has 0 bridgehead atoms. The zero-order valence-electron chi connectivity index (χ0n) is 9.86. The zero-order valence-corrected chi connectivity index (χ0v) is 9.86. The van der Waals surface area contributed by atoms with Gasteiger partial charge in [0.15, 0.2) is 0 Å². The fraction of sp³-hybridized carbons (Fsp3) is 0.333. The highest BCUT2D eigenvalue weighted by atomic mass is 16.6. The molecule has 0 atom stereocenters. The molecule has 1 heterocycles. The van der Waals surface area contributed by atoms with E-state index in [0.717, 1.165) is 10.9 Å². The Balaban J connectivity index is 2.03. The van der Waals surface area contributed by atoms with Crippen LogP contribution >= 0.6 is 0 Å². The lowest BCUT2D eigenvalue weighted by molar-refractivity contribution is 0.0209. The lowest BCUT2D eigenvalue weighted by Gasteiger charge is -2.07. The molecule has 0 saturated carbocycles. The second-order valence-corrected chi connectivity index (χ2v) is 4.31. The summed E-state index contributed by atoms with van der Waals surface area (Å²) in [7, 11) is 0. The molecule has 0 saturated heterocycles. The Morgan fingerprint density at radius 2 is 2.35 bits per heavy atom. The van der Waals surface area contributed by atoms with Crippen molar-refractivity contribution in [3.8, 4) is 0 Å². The average Bonchev–Trinajstić information content (AvgIpc) is 2.75. The number of carbonyl (C=O) groups excluding carboxylic acids is 1. The van der Waals surface area contributed by atoms with Gasteiger partial charge in [-0.3, -0.25) is 14.7 Å². The lowest BCUT2D eigenvalue weighted by Crippen LogP contribution is -2.25. The Kier molecular flexibility index (Phi) is 3.39. The lowest BCUT2D eigenvalue weighted by atomic mass is 10.1. The van der Waals surface area contributed by atoms with E-state index < -0.39 is 0 Å². The molecule has 0 fully saturated rings. The maximum atomic E-state index is 11.7. The number of benzene rings is 1. The van der Waals surface area contributed by atoms with Gasteiger partial charge < -0.3 is 0 Å². The van der Waals surface area contributed by atoms with Gasteiger partial charge in [-0.25, -0.2) is 5.48 Å². The second kappa shape index (κ2) is 4.97. The molecule has 2 aromatic rings. The number of H-pyrrole nitrogens is 1. The summed E-state index contributed by atoms with van der Waals surface area (Å²) in [6.45, 7) is 4.53. The van der Waals surface area contributed by atoms with Crippen LogP contribution in [0.1, 0.15) is 24.2 Å². The van der Waals surface area contributed by atoms with Crippen LogP contribution in [-0.2, 0) is 4.84 Å². The fourth-order valence-electron chi connectivity index (χ4n) is 1.41. The summed E-state index contributed by atoms with van der Waals surface area (Å²) in [5, 5.41) is 7.69. The van der Waals surface area contributed by atoms with Crippen LogP contribution in [-0.4, -0.2) is 22.7 Å². The second-order valence-electron chi connectivity index (χ2n) is 4.31. The number of hydroxylamine groups is 1. The first-order valence-electron chi connectivity index (χ1n) is 5.52. The monoisotopic (exact) mass is 233 g/mol. The van der Waals surface area contributed by atoms with Crippen molar-refractivity contribution in [1.82, 2.24) is 15.7 Å². The first-order valence-corrected chi connectivity index (χ1v) is 5.52. The Hall–Kier alpha value is -1.88. The Bertz CT molecular complexity index is 519. The fourth-order valence-corrected chi connectivity index (χ4v) is 1.41. The van der Waals surface area contributed by atoms with E-state index >= 15 is 0 Å². The molecule has 5 nitrogen and oxygen atoms in total. The highest BCUT2D eigenvalue weighted by Crippen LogP contribution is 2.12. The van der Waals surface area contributed by atoms with Crippen LogP contribution in [0.25, 0.3) is 10.9 Å². The third-order valence-electron chi connectivity index (χ3n) is 2.29. The van der Waals surface area contributed by atoms with E-state index in [0.29, 0.717) is 18.1 Å². The quantitative estimate of drug-likeness (QED) is 0.792. The summed E-state index contributed by atoms with van der Waals surface area (Å²) in [5.74, 6) is 0.132. The van der Waals surface area contributed by atoms with E-state index in [2.05, 4.69) is 15.7 Å². The van der Waals surface area contributed by atoms with Crippen molar-refractivity contribution < 1.29 is 9.63 Å². The minimum absolute atomic E-state index is 0.248. The van der Waals surface area contributed by atoms with E-state index in [1.807, 2.05) is 19.9 Å². The van der Waals surface area contributed by atoms with Gasteiger partial charge in [0, 0.05) is 10.9 Å². The van der Waals surface area contributed by atoms with Gasteiger partial charge in [0.25, 0.3) is 5.91 Å². The van der Waals surface area contributed by atoms with Crippen LogP contribution in [0.3, 0.4) is 0 Å². The van der Waals surface area contributed by atoms with Crippen molar-refractivity contribution in [2.24, 2.45) is 5.92 Å². The van der Waals surface area contributed by atoms with Gasteiger partial charge in [0.05, 0.1) is 18.3 Å². The van der Waals surface area contributed by atoms with Crippen molar-refractivity contribution in [3.63, 3.8) is 0 Å². The van der Waals surface area contributed by atoms with E-state index in [1.54, 1.807) is 18.3 Å². The molecule has 1 aromatic heterocycles. The van der Waals surface area contributed by atoms with Crippen molar-refractivity contribution in [3.05, 3.63) is 30.0 Å². The number of nitrogens with one attached hydrogen (secondary N) is 2. The van der Waals surface area contributed by atoms with E-state index in [9.17, 15) is 4.79 Å². The Morgan fingerprint density at radius 1 is 1.53 bits per heavy atom. The van der Waals surface area contributed by atoms with Gasteiger partial charge in [-0.2, -0.15) is 5.10 Å². The summed E-state index contributed by atoms with van der Waals surface area (Å²) >= 11 is 0. The van der Waals surface area contributed by atoms with Gasteiger partial charge in [-0.15, -0.1) is 0 Å². The number of amides is 1. The molecule has 0 spiro atoms. The number of aromatic amines is 1. The molecule has 0 aliphatic carbocycles. The molecule has 2 N–H and O–H groups in total. The van der Waals surface area contributed by atoms with Gasteiger partial charge >= 0.3 is 0 Å². The largest absolute Gasteiger partial charge is 0.278 e. The topological polar surface area (TPSA) is 67.0 Å². The first-order chi connectivity index (χ1) is 8.16. The third kappa shape index (κ3) is 2.82. The number of carbonyl (C=O) groups is 1. The predicted molar refractivity (Wildman–Crippen MR) is 64.3 cm³/mol. The summed E-state index contributed by atoms with van der Waals surface area (Å²) in [5.41, 5.74) is 3.80. The van der Waals surface area contributed by atoms with Crippen molar-refractivity contribution in [2.45, 2.75) is 13.8 Å². The molecule has 17 heavy (non-hydrogen) atoms. The molecule has 0 aliphatic heterocycles. The van der Waals surface area contributed by atoms with E-state index in [1.165, 1.54) is 0 Å². The summed E-state index contributed by atoms with van der Waals surface area (Å²) < 4.78 is 0. The Labute approximate surface area is 99.1 Å². The van der Waals surface area contributed by atoms with Crippen LogP contribution in [0.15, 0.2) is 24.4 Å². The Morgan fingerprint density at radius 3 is 3.12 bits per heavy atom. The summed E-state index contributed by atoms with van der Waals surface area (Å²) in [6.07, 6.45) is 1.71. The third-order valence-corrected chi connectivity index (χ3v) is 2.29. The van der Waals surface area contributed by atoms with Gasteiger partial charge in [0.2, 0.25) is 0 Å². The standard InChI is InChI=1S/C12H15N3O2/c1-8(2)7-17-15-12(16)9-3-4-10-6-13-14-11(10)5-9/h3-6,8H,7H2,1-2H3,(H,13,14)(H,15,16). The minimum atomic E-state index is -0.248. The van der Waals surface area contributed by atoms with Gasteiger partial charge in [-0.1, -0.05) is 19.9 Å². The molecule has 5 heteroatoms. The number of aromatic nitrogens is 2. The average molecular weight is 233 g/mol. The first kappa shape index (κ1) is 11.6. The predicted octanol–water partition coefficient (Wildman–Crippen LogP) is 1.88. The number of nitrogens with zero attached hydrogens (tertiary/aromatic N) is 1. The number of fused-ring (bicyclic) bond motifs is 1. The van der Waals surface area contributed by atoms with Crippen molar-refractivity contribution in [2.75, 3.05) is 6.61 Å². The molecule has 0 radical (unpaired) electrons. The van der Waals surface area contributed by atoms with E-state index in [-0.39, 0.29) is 5.91 Å². The van der Waals surface area contributed by atoms with Crippen LogP contribution < -0.4 is 5.48 Å². The maximum absolute atomic E-state index is 11.7. The van der Waals surface area contributed by atoms with Crippen LogP contribution in [0.2, 0.25) is 0 Å². The highest BCUT2D eigenvalue weighted by molar-refractivity contribution is 5.97. The summed E-state index contributed by atoms with van der Waals surface area (Å²) in [4.78, 5) is 16.8. The van der Waals surface area contributed by atoms with Gasteiger partial charge in [0.1, 0.15) is 0 Å². The maximum Gasteiger partial charge on any atom is 0.274 e. The highest BCUT2D eigenvalue weighted by Gasteiger charge is 2.07. The number of hydrogen-bond acceptors (Lipinski definition) is 3. The molecule has 0 unspecified atom stereocenters.